The molecule has 1 aliphatic heterocycles. The molecule has 17 heavy (non-hydrogen) atoms. The third-order valence-electron chi connectivity index (χ3n) is 3.60. The Morgan fingerprint density at radius 2 is 2.00 bits per heavy atom. The average molecular weight is 236 g/mol. The predicted molar refractivity (Wildman–Crippen MR) is 63.8 cm³/mol. The van der Waals surface area contributed by atoms with Crippen LogP contribution in [0.3, 0.4) is 0 Å². The molecule has 1 atom stereocenters. The van der Waals surface area contributed by atoms with E-state index in [2.05, 4.69) is 0 Å². The van der Waals surface area contributed by atoms with Gasteiger partial charge in [0, 0.05) is 24.7 Å². The molecule has 0 N–H and O–H groups in total. The first-order chi connectivity index (χ1) is 8.16. The average Bonchev–Trinajstić information content (AvgIpc) is 2.39. The Kier molecular flexibility index (Phi) is 3.57. The lowest BCUT2D eigenvalue weighted by atomic mass is 9.78. The van der Waals surface area contributed by atoms with Crippen molar-refractivity contribution in [2.75, 3.05) is 13.2 Å². The minimum absolute atomic E-state index is 0.0719. The second-order valence-corrected chi connectivity index (χ2v) is 4.67. The van der Waals surface area contributed by atoms with Crippen LogP contribution in [0.1, 0.15) is 35.7 Å². The molecular formula is C14H17FO2. The van der Waals surface area contributed by atoms with Crippen molar-refractivity contribution in [1.82, 2.24) is 0 Å². The molecule has 1 aromatic carbocycles. The van der Waals surface area contributed by atoms with Gasteiger partial charge in [-0.2, -0.15) is 0 Å². The fraction of sp³-hybridized carbons (Fsp3) is 0.500. The minimum Gasteiger partial charge on any atom is -0.381 e. The molecule has 2 rings (SSSR count). The van der Waals surface area contributed by atoms with Crippen molar-refractivity contribution in [1.29, 1.82) is 0 Å². The lowest BCUT2D eigenvalue weighted by Crippen LogP contribution is -2.33. The number of rotatable bonds is 3. The number of hydrogen-bond donors (Lipinski definition) is 0. The van der Waals surface area contributed by atoms with E-state index in [1.165, 1.54) is 0 Å². The summed E-state index contributed by atoms with van der Waals surface area (Å²) in [6.07, 6.45) is 2.15. The molecule has 0 amide bonds. The lowest BCUT2D eigenvalue weighted by molar-refractivity contribution is -0.00521. The van der Waals surface area contributed by atoms with Crippen LogP contribution in [0.25, 0.3) is 0 Å². The molecule has 3 heteroatoms. The van der Waals surface area contributed by atoms with Crippen molar-refractivity contribution in [2.45, 2.75) is 25.4 Å². The number of halogens is 1. The van der Waals surface area contributed by atoms with Crippen LogP contribution in [0, 0.1) is 5.92 Å². The summed E-state index contributed by atoms with van der Waals surface area (Å²) < 4.78 is 20.2. The second-order valence-electron chi connectivity index (χ2n) is 4.67. The van der Waals surface area contributed by atoms with Gasteiger partial charge in [0.25, 0.3) is 0 Å². The third-order valence-corrected chi connectivity index (χ3v) is 3.60. The number of benzene rings is 1. The Hall–Kier alpha value is -1.22. The van der Waals surface area contributed by atoms with Crippen molar-refractivity contribution in [3.8, 4) is 0 Å². The molecule has 92 valence electrons. The summed E-state index contributed by atoms with van der Waals surface area (Å²) in [6, 6.07) is 6.91. The zero-order chi connectivity index (χ0) is 12.3. The van der Waals surface area contributed by atoms with Crippen LogP contribution in [0.2, 0.25) is 0 Å². The quantitative estimate of drug-likeness (QED) is 0.754. The summed E-state index contributed by atoms with van der Waals surface area (Å²) >= 11 is 0. The zero-order valence-corrected chi connectivity index (χ0v) is 9.99. The first-order valence-corrected chi connectivity index (χ1v) is 5.97. The zero-order valence-electron chi connectivity index (χ0n) is 9.99. The summed E-state index contributed by atoms with van der Waals surface area (Å²) in [5.41, 5.74) is -0.507. The molecule has 0 saturated carbocycles. The van der Waals surface area contributed by atoms with Crippen LogP contribution in [-0.4, -0.2) is 19.5 Å². The molecule has 1 saturated heterocycles. The van der Waals surface area contributed by atoms with E-state index in [1.807, 2.05) is 0 Å². The van der Waals surface area contributed by atoms with Gasteiger partial charge in [-0.3, -0.25) is 4.79 Å². The molecule has 1 heterocycles. The van der Waals surface area contributed by atoms with Crippen LogP contribution < -0.4 is 0 Å². The largest absolute Gasteiger partial charge is 0.381 e. The fourth-order valence-corrected chi connectivity index (χ4v) is 2.50. The Balaban J connectivity index is 2.32. The summed E-state index contributed by atoms with van der Waals surface area (Å²) in [4.78, 5) is 11.0. The second kappa shape index (κ2) is 4.96. The maximum Gasteiger partial charge on any atom is 0.150 e. The molecule has 1 unspecified atom stereocenters. The van der Waals surface area contributed by atoms with E-state index in [-0.39, 0.29) is 5.92 Å². The lowest BCUT2D eigenvalue weighted by Gasteiger charge is -2.34. The first kappa shape index (κ1) is 12.2. The van der Waals surface area contributed by atoms with Crippen molar-refractivity contribution in [3.63, 3.8) is 0 Å². The third kappa shape index (κ3) is 2.39. The highest BCUT2D eigenvalue weighted by Gasteiger charge is 2.38. The van der Waals surface area contributed by atoms with Crippen LogP contribution in [0.15, 0.2) is 24.3 Å². The Labute approximate surface area is 101 Å². The molecule has 2 nitrogen and oxygen atoms in total. The van der Waals surface area contributed by atoms with E-state index >= 15 is 0 Å². The predicted octanol–water partition coefficient (Wildman–Crippen LogP) is 3.11. The SMILES string of the molecule is CC(F)(c1ccccc1C=O)C1CCOCC1. The van der Waals surface area contributed by atoms with Gasteiger partial charge >= 0.3 is 0 Å². The Bertz CT molecular complexity index is 395. The maximum atomic E-state index is 14.9. The first-order valence-electron chi connectivity index (χ1n) is 5.97. The molecule has 1 aromatic rings. The van der Waals surface area contributed by atoms with Crippen molar-refractivity contribution >= 4 is 6.29 Å². The van der Waals surface area contributed by atoms with E-state index < -0.39 is 5.67 Å². The van der Waals surface area contributed by atoms with Crippen molar-refractivity contribution < 1.29 is 13.9 Å². The monoisotopic (exact) mass is 236 g/mol. The smallest absolute Gasteiger partial charge is 0.150 e. The maximum absolute atomic E-state index is 14.9. The number of aldehydes is 1. The molecule has 0 bridgehead atoms. The molecule has 1 fully saturated rings. The van der Waals surface area contributed by atoms with Gasteiger partial charge in [0.2, 0.25) is 0 Å². The molecule has 0 radical (unpaired) electrons. The van der Waals surface area contributed by atoms with Crippen molar-refractivity contribution in [2.24, 2.45) is 5.92 Å². The number of ether oxygens (including phenoxy) is 1. The van der Waals surface area contributed by atoms with Gasteiger partial charge < -0.3 is 4.74 Å². The highest BCUT2D eigenvalue weighted by atomic mass is 19.1. The Morgan fingerprint density at radius 1 is 1.35 bits per heavy atom. The minimum atomic E-state index is -1.46. The summed E-state index contributed by atoms with van der Waals surface area (Å²) in [7, 11) is 0. The van der Waals surface area contributed by atoms with Gasteiger partial charge in [0.15, 0.2) is 0 Å². The van der Waals surface area contributed by atoms with Crippen LogP contribution in [0.4, 0.5) is 4.39 Å². The topological polar surface area (TPSA) is 26.3 Å². The van der Waals surface area contributed by atoms with E-state index in [1.54, 1.807) is 31.2 Å². The van der Waals surface area contributed by atoms with Gasteiger partial charge in [0.1, 0.15) is 12.0 Å². The standard InChI is InChI=1S/C14H17FO2/c1-14(15,12-6-8-17-9-7-12)13-5-3-2-4-11(13)10-16/h2-5,10,12H,6-9H2,1H3. The molecular weight excluding hydrogens is 219 g/mol. The molecule has 1 aliphatic rings. The van der Waals surface area contributed by atoms with Crippen LogP contribution >= 0.6 is 0 Å². The number of carbonyl (C=O) groups is 1. The van der Waals surface area contributed by atoms with Gasteiger partial charge in [0.05, 0.1) is 0 Å². The normalized spacial score (nSPS) is 20.8. The molecule has 0 aromatic heterocycles. The van der Waals surface area contributed by atoms with Crippen molar-refractivity contribution in [3.05, 3.63) is 35.4 Å². The van der Waals surface area contributed by atoms with Crippen LogP contribution in [0.5, 0.6) is 0 Å². The number of alkyl halides is 1. The Morgan fingerprint density at radius 3 is 2.65 bits per heavy atom. The molecule has 0 aliphatic carbocycles. The number of carbonyl (C=O) groups excluding carboxylic acids is 1. The summed E-state index contributed by atoms with van der Waals surface area (Å²) in [6.45, 7) is 2.78. The van der Waals surface area contributed by atoms with E-state index in [0.29, 0.717) is 37.2 Å². The summed E-state index contributed by atoms with van der Waals surface area (Å²) in [5.74, 6) is -0.0719. The molecule has 0 spiro atoms. The highest BCUT2D eigenvalue weighted by molar-refractivity contribution is 5.77. The van der Waals surface area contributed by atoms with Gasteiger partial charge in [-0.15, -0.1) is 0 Å². The van der Waals surface area contributed by atoms with Gasteiger partial charge in [-0.05, 0) is 25.3 Å². The summed E-state index contributed by atoms with van der Waals surface area (Å²) in [5, 5.41) is 0. The number of hydrogen-bond acceptors (Lipinski definition) is 2. The van der Waals surface area contributed by atoms with E-state index in [9.17, 15) is 9.18 Å². The van der Waals surface area contributed by atoms with Gasteiger partial charge in [-0.1, -0.05) is 24.3 Å². The van der Waals surface area contributed by atoms with E-state index in [4.69, 9.17) is 4.74 Å². The van der Waals surface area contributed by atoms with E-state index in [0.717, 1.165) is 6.29 Å². The fourth-order valence-electron chi connectivity index (χ4n) is 2.50. The highest BCUT2D eigenvalue weighted by Crippen LogP contribution is 2.40. The van der Waals surface area contributed by atoms with Gasteiger partial charge in [-0.25, -0.2) is 4.39 Å². The van der Waals surface area contributed by atoms with Crippen LogP contribution in [-0.2, 0) is 10.4 Å².